The first-order chi connectivity index (χ1) is 16.8. The lowest BCUT2D eigenvalue weighted by atomic mass is 9.99. The van der Waals surface area contributed by atoms with Crippen molar-refractivity contribution in [3.63, 3.8) is 0 Å². The molecular weight excluding hydrogens is 442 g/mol. The van der Waals surface area contributed by atoms with Crippen molar-refractivity contribution in [2.75, 3.05) is 18.0 Å². The number of anilines is 1. The van der Waals surface area contributed by atoms with Crippen molar-refractivity contribution in [1.29, 1.82) is 0 Å². The van der Waals surface area contributed by atoms with Gasteiger partial charge in [-0.15, -0.1) is 0 Å². The Hall–Kier alpha value is -3.29. The molecule has 0 bridgehead atoms. The van der Waals surface area contributed by atoms with Crippen LogP contribution in [0.25, 0.3) is 22.5 Å². The van der Waals surface area contributed by atoms with Gasteiger partial charge in [0.05, 0.1) is 11.4 Å². The Morgan fingerprint density at radius 3 is 1.97 bits per heavy atom. The third kappa shape index (κ3) is 5.86. The van der Waals surface area contributed by atoms with Crippen molar-refractivity contribution >= 4 is 11.8 Å². The van der Waals surface area contributed by atoms with Gasteiger partial charge in [-0.3, -0.25) is 4.79 Å². The lowest BCUT2D eigenvalue weighted by molar-refractivity contribution is -0.137. The second-order valence-electron chi connectivity index (χ2n) is 9.38. The molecule has 0 fully saturated rings. The van der Waals surface area contributed by atoms with Crippen molar-refractivity contribution in [2.45, 2.75) is 58.2 Å². The molecule has 0 amide bonds. The molecule has 1 aliphatic heterocycles. The second-order valence-corrected chi connectivity index (χ2v) is 9.38. The lowest BCUT2D eigenvalue weighted by Gasteiger charge is -2.36. The van der Waals surface area contributed by atoms with E-state index in [1.54, 1.807) is 0 Å². The van der Waals surface area contributed by atoms with E-state index in [2.05, 4.69) is 0 Å². The number of nitrogens with zero attached hydrogens (tertiary/aromatic N) is 3. The van der Waals surface area contributed by atoms with Crippen LogP contribution in [0.5, 0.6) is 0 Å². The number of hydrogen-bond acceptors (Lipinski definition) is 6. The van der Waals surface area contributed by atoms with Crippen molar-refractivity contribution in [1.82, 2.24) is 9.97 Å². The first-order valence-corrected chi connectivity index (χ1v) is 12.2. The van der Waals surface area contributed by atoms with E-state index < -0.39 is 18.2 Å². The number of rotatable bonds is 9. The van der Waals surface area contributed by atoms with Crippen LogP contribution in [0.15, 0.2) is 48.5 Å². The molecule has 2 unspecified atom stereocenters. The molecule has 0 aliphatic carbocycles. The fraction of sp³-hybridized carbons (Fsp3) is 0.393. The number of aliphatic hydroxyl groups is 2. The van der Waals surface area contributed by atoms with Crippen LogP contribution in [0.4, 0.5) is 5.82 Å². The van der Waals surface area contributed by atoms with Gasteiger partial charge in [-0.05, 0) is 26.7 Å². The monoisotopic (exact) mass is 475 g/mol. The zero-order valence-corrected chi connectivity index (χ0v) is 20.3. The lowest BCUT2D eigenvalue weighted by Crippen LogP contribution is -2.43. The number of aromatic nitrogens is 2. The number of β-amino-alcohol motifs (C(OH)–C–C–N with tert-alkyl or cyclic N) is 1. The Bertz CT molecular complexity index is 1160. The number of carboxylic acids is 1. The predicted octanol–water partition coefficient (Wildman–Crippen LogP) is 4.68. The van der Waals surface area contributed by atoms with Crippen LogP contribution < -0.4 is 4.90 Å². The maximum Gasteiger partial charge on any atom is 0.303 e. The summed E-state index contributed by atoms with van der Waals surface area (Å²) in [6.07, 6.45) is 1.33. The second kappa shape index (κ2) is 11.0. The topological polar surface area (TPSA) is 107 Å². The van der Waals surface area contributed by atoms with Gasteiger partial charge in [0, 0.05) is 30.6 Å². The van der Waals surface area contributed by atoms with E-state index in [1.165, 1.54) is 0 Å². The van der Waals surface area contributed by atoms with E-state index in [0.29, 0.717) is 30.2 Å². The van der Waals surface area contributed by atoms with Gasteiger partial charge < -0.3 is 20.2 Å². The third-order valence-corrected chi connectivity index (χ3v) is 6.47. The zero-order valence-electron chi connectivity index (χ0n) is 20.3. The fourth-order valence-corrected chi connectivity index (χ4v) is 4.42. The average Bonchev–Trinajstić information content (AvgIpc) is 2.84. The molecule has 7 nitrogen and oxygen atoms in total. The van der Waals surface area contributed by atoms with Gasteiger partial charge in [0.25, 0.3) is 0 Å². The molecule has 0 saturated heterocycles. The largest absolute Gasteiger partial charge is 0.481 e. The summed E-state index contributed by atoms with van der Waals surface area (Å²) in [4.78, 5) is 22.6. The molecule has 7 heteroatoms. The quantitative estimate of drug-likeness (QED) is 0.386. The van der Waals surface area contributed by atoms with E-state index in [0.717, 1.165) is 47.2 Å². The highest BCUT2D eigenvalue weighted by Crippen LogP contribution is 2.38. The average molecular weight is 476 g/mol. The number of aliphatic carboxylic acids is 1. The molecule has 184 valence electrons. The number of unbranched alkanes of at least 4 members (excludes halogenated alkanes) is 3. The van der Waals surface area contributed by atoms with Gasteiger partial charge >= 0.3 is 5.97 Å². The molecule has 0 spiro atoms. The van der Waals surface area contributed by atoms with Crippen LogP contribution in [0.3, 0.4) is 0 Å². The summed E-state index contributed by atoms with van der Waals surface area (Å²) in [5, 5.41) is 30.2. The summed E-state index contributed by atoms with van der Waals surface area (Å²) in [5.41, 5.74) is 5.94. The summed E-state index contributed by atoms with van der Waals surface area (Å²) in [6.45, 7) is 4.99. The van der Waals surface area contributed by atoms with E-state index in [9.17, 15) is 15.0 Å². The van der Waals surface area contributed by atoms with E-state index in [-0.39, 0.29) is 13.0 Å². The Morgan fingerprint density at radius 2 is 1.40 bits per heavy atom. The zero-order chi connectivity index (χ0) is 24.9. The first kappa shape index (κ1) is 24.8. The molecule has 3 N–H and O–H groups in total. The smallest absolute Gasteiger partial charge is 0.303 e. The number of hydrogen-bond donors (Lipinski definition) is 3. The minimum atomic E-state index is -1.11. The van der Waals surface area contributed by atoms with E-state index in [4.69, 9.17) is 15.1 Å². The molecule has 1 aromatic heterocycles. The molecule has 2 heterocycles. The molecule has 4 rings (SSSR count). The van der Waals surface area contributed by atoms with Crippen LogP contribution in [0.2, 0.25) is 0 Å². The maximum atomic E-state index is 10.8. The molecule has 1 aliphatic rings. The first-order valence-electron chi connectivity index (χ1n) is 12.2. The minimum absolute atomic E-state index is 0.185. The van der Waals surface area contributed by atoms with Gasteiger partial charge in [-0.25, -0.2) is 9.97 Å². The summed E-state index contributed by atoms with van der Waals surface area (Å²) < 4.78 is 0. The van der Waals surface area contributed by atoms with Crippen LogP contribution in [0.1, 0.15) is 55.0 Å². The Labute approximate surface area is 206 Å². The summed E-state index contributed by atoms with van der Waals surface area (Å²) in [6, 6.07) is 16.2. The van der Waals surface area contributed by atoms with Crippen LogP contribution >= 0.6 is 0 Å². The normalized spacial score (nSPS) is 17.3. The van der Waals surface area contributed by atoms with Gasteiger partial charge in [-0.1, -0.05) is 72.5 Å². The van der Waals surface area contributed by atoms with Crippen molar-refractivity contribution in [2.24, 2.45) is 0 Å². The highest BCUT2D eigenvalue weighted by atomic mass is 16.4. The number of aliphatic hydroxyl groups excluding tert-OH is 2. The molecule has 3 aromatic rings. The van der Waals surface area contributed by atoms with Crippen LogP contribution in [-0.4, -0.2) is 50.5 Å². The van der Waals surface area contributed by atoms with E-state index in [1.807, 2.05) is 67.3 Å². The highest BCUT2D eigenvalue weighted by molar-refractivity contribution is 5.80. The molecule has 2 aromatic carbocycles. The van der Waals surface area contributed by atoms with Crippen molar-refractivity contribution < 1.29 is 20.1 Å². The SMILES string of the molecule is Cc1ccc(-c2nc3c(nc2-c2ccc(C)cc2)N(CCCCCCC(=O)O)CC(O)C3O)cc1. The van der Waals surface area contributed by atoms with E-state index >= 15 is 0 Å². The maximum absolute atomic E-state index is 10.8. The van der Waals surface area contributed by atoms with Crippen molar-refractivity contribution in [3.05, 3.63) is 65.4 Å². The van der Waals surface area contributed by atoms with Crippen LogP contribution in [0, 0.1) is 13.8 Å². The number of carbonyl (C=O) groups is 1. The van der Waals surface area contributed by atoms with Gasteiger partial charge in [-0.2, -0.15) is 0 Å². The standard InChI is InChI=1S/C28H33N3O4/c1-18-8-12-20(13-9-18)24-25(21-14-10-19(2)11-15-21)30-28-26(29-24)27(35)22(32)17-31(28)16-6-4-3-5-7-23(33)34/h8-15,22,27,32,35H,3-7,16-17H2,1-2H3,(H,33,34). The Balaban J connectivity index is 1.69. The number of benzene rings is 2. The highest BCUT2D eigenvalue weighted by Gasteiger charge is 2.34. The fourth-order valence-electron chi connectivity index (χ4n) is 4.42. The van der Waals surface area contributed by atoms with Crippen molar-refractivity contribution in [3.8, 4) is 22.5 Å². The van der Waals surface area contributed by atoms with Gasteiger partial charge in [0.2, 0.25) is 0 Å². The van der Waals surface area contributed by atoms with Gasteiger partial charge in [0.15, 0.2) is 5.82 Å². The summed E-state index contributed by atoms with van der Waals surface area (Å²) in [7, 11) is 0. The molecule has 0 saturated carbocycles. The van der Waals surface area contributed by atoms with Gasteiger partial charge in [0.1, 0.15) is 17.9 Å². The minimum Gasteiger partial charge on any atom is -0.481 e. The number of aryl methyl sites for hydroxylation is 2. The summed E-state index contributed by atoms with van der Waals surface area (Å²) in [5.74, 6) is -0.171. The predicted molar refractivity (Wildman–Crippen MR) is 136 cm³/mol. The molecule has 2 atom stereocenters. The summed E-state index contributed by atoms with van der Waals surface area (Å²) >= 11 is 0. The Morgan fingerprint density at radius 1 is 0.857 bits per heavy atom. The number of fused-ring (bicyclic) bond motifs is 1. The Kier molecular flexibility index (Phi) is 7.78. The molecule has 0 radical (unpaired) electrons. The molecular formula is C28H33N3O4. The van der Waals surface area contributed by atoms with Crippen LogP contribution in [-0.2, 0) is 4.79 Å². The molecule has 35 heavy (non-hydrogen) atoms. The number of carboxylic acid groups (broad SMARTS) is 1. The third-order valence-electron chi connectivity index (χ3n) is 6.47.